The lowest BCUT2D eigenvalue weighted by Crippen LogP contribution is -2.11. The van der Waals surface area contributed by atoms with Gasteiger partial charge >= 0.3 is 6.16 Å². The number of halogens is 1. The highest BCUT2D eigenvalue weighted by atomic mass is 19.1. The summed E-state index contributed by atoms with van der Waals surface area (Å²) >= 11 is 0. The molecule has 3 nitrogen and oxygen atoms in total. The van der Waals surface area contributed by atoms with Crippen molar-refractivity contribution in [2.75, 3.05) is 6.61 Å². The van der Waals surface area contributed by atoms with E-state index >= 15 is 0 Å². The quantitative estimate of drug-likeness (QED) is 0.385. The van der Waals surface area contributed by atoms with Gasteiger partial charge < -0.3 is 9.47 Å². The van der Waals surface area contributed by atoms with E-state index in [2.05, 4.69) is 0 Å². The predicted octanol–water partition coefficient (Wildman–Crippen LogP) is 5.06. The molecule has 0 saturated carbocycles. The van der Waals surface area contributed by atoms with E-state index in [1.807, 2.05) is 37.3 Å². The molecule has 3 rings (SSSR count). The van der Waals surface area contributed by atoms with E-state index in [0.29, 0.717) is 23.1 Å². The Labute approximate surface area is 127 Å². The molecular formula is C18H15FO3. The van der Waals surface area contributed by atoms with Gasteiger partial charge in [-0.2, -0.15) is 0 Å². The highest BCUT2D eigenvalue weighted by Crippen LogP contribution is 2.35. The van der Waals surface area contributed by atoms with E-state index in [9.17, 15) is 9.18 Å². The lowest BCUT2D eigenvalue weighted by Gasteiger charge is -2.11. The van der Waals surface area contributed by atoms with Crippen molar-refractivity contribution in [3.8, 4) is 5.75 Å². The second-order valence-electron chi connectivity index (χ2n) is 4.99. The highest BCUT2D eigenvalue weighted by Gasteiger charge is 2.14. The topological polar surface area (TPSA) is 35.5 Å². The van der Waals surface area contributed by atoms with Gasteiger partial charge in [0.2, 0.25) is 0 Å². The summed E-state index contributed by atoms with van der Waals surface area (Å²) in [5, 5.41) is 3.01. The molecule has 0 amide bonds. The largest absolute Gasteiger partial charge is 0.513 e. The summed E-state index contributed by atoms with van der Waals surface area (Å²) < 4.78 is 23.8. The van der Waals surface area contributed by atoms with Crippen LogP contribution in [-0.2, 0) is 4.74 Å². The van der Waals surface area contributed by atoms with E-state index in [0.717, 1.165) is 17.2 Å². The molecule has 0 N–H and O–H groups in total. The molecule has 0 radical (unpaired) electrons. The molecule has 0 saturated heterocycles. The minimum atomic E-state index is -0.746. The number of hydrogen-bond acceptors (Lipinski definition) is 3. The van der Waals surface area contributed by atoms with Crippen molar-refractivity contribution in [3.05, 3.63) is 54.3 Å². The Morgan fingerprint density at radius 2 is 1.82 bits per heavy atom. The fourth-order valence-electron chi connectivity index (χ4n) is 2.41. The summed E-state index contributed by atoms with van der Waals surface area (Å²) in [4.78, 5) is 11.8. The first kappa shape index (κ1) is 14.3. The molecule has 0 aliphatic rings. The maximum atomic E-state index is 13.5. The van der Waals surface area contributed by atoms with Gasteiger partial charge in [-0.15, -0.1) is 0 Å². The third kappa shape index (κ3) is 2.72. The van der Waals surface area contributed by atoms with Gasteiger partial charge in [-0.05, 0) is 41.5 Å². The first-order valence-corrected chi connectivity index (χ1v) is 7.14. The number of rotatable bonds is 3. The van der Waals surface area contributed by atoms with Crippen LogP contribution < -0.4 is 4.74 Å². The number of carbonyl (C=O) groups is 1. The monoisotopic (exact) mass is 298 g/mol. The summed E-state index contributed by atoms with van der Waals surface area (Å²) in [5.41, 5.74) is 0. The van der Waals surface area contributed by atoms with Gasteiger partial charge in [0.15, 0.2) is 0 Å². The van der Waals surface area contributed by atoms with Gasteiger partial charge in [0.05, 0.1) is 6.61 Å². The van der Waals surface area contributed by atoms with Crippen LogP contribution in [0.4, 0.5) is 9.18 Å². The third-order valence-corrected chi connectivity index (χ3v) is 3.38. The van der Waals surface area contributed by atoms with Crippen molar-refractivity contribution in [1.82, 2.24) is 0 Å². The van der Waals surface area contributed by atoms with Crippen molar-refractivity contribution in [2.24, 2.45) is 0 Å². The van der Waals surface area contributed by atoms with Crippen LogP contribution in [-0.4, -0.2) is 12.8 Å². The van der Waals surface area contributed by atoms with Gasteiger partial charge in [-0.1, -0.05) is 31.2 Å². The van der Waals surface area contributed by atoms with Gasteiger partial charge in [-0.25, -0.2) is 9.18 Å². The average Bonchev–Trinajstić information content (AvgIpc) is 2.52. The number of ether oxygens (including phenoxy) is 2. The minimum Gasteiger partial charge on any atom is -0.434 e. The minimum absolute atomic E-state index is 0.302. The van der Waals surface area contributed by atoms with Gasteiger partial charge in [0.25, 0.3) is 0 Å². The van der Waals surface area contributed by atoms with Crippen molar-refractivity contribution in [3.63, 3.8) is 0 Å². The number of benzene rings is 3. The van der Waals surface area contributed by atoms with Crippen LogP contribution >= 0.6 is 0 Å². The van der Waals surface area contributed by atoms with Crippen molar-refractivity contribution >= 4 is 27.7 Å². The molecule has 0 aromatic heterocycles. The average molecular weight is 298 g/mol. The van der Waals surface area contributed by atoms with Crippen LogP contribution in [0.2, 0.25) is 0 Å². The van der Waals surface area contributed by atoms with E-state index in [1.54, 1.807) is 6.07 Å². The Morgan fingerprint density at radius 1 is 1.05 bits per heavy atom. The molecule has 3 aromatic rings. The van der Waals surface area contributed by atoms with E-state index in [4.69, 9.17) is 9.47 Å². The molecule has 0 atom stereocenters. The molecule has 0 spiro atoms. The molecular weight excluding hydrogens is 283 g/mol. The summed E-state index contributed by atoms with van der Waals surface area (Å²) in [6.45, 7) is 2.21. The molecule has 22 heavy (non-hydrogen) atoms. The molecule has 4 heteroatoms. The predicted molar refractivity (Wildman–Crippen MR) is 83.7 cm³/mol. The maximum absolute atomic E-state index is 13.5. The van der Waals surface area contributed by atoms with Crippen LogP contribution in [0.5, 0.6) is 5.75 Å². The summed E-state index contributed by atoms with van der Waals surface area (Å²) in [6.07, 6.45) is -0.0276. The molecule has 0 aliphatic carbocycles. The Morgan fingerprint density at radius 3 is 2.64 bits per heavy atom. The smallest absolute Gasteiger partial charge is 0.434 e. The van der Waals surface area contributed by atoms with E-state index in [-0.39, 0.29) is 5.82 Å². The van der Waals surface area contributed by atoms with Crippen LogP contribution in [0, 0.1) is 5.82 Å². The molecule has 0 heterocycles. The normalized spacial score (nSPS) is 10.8. The van der Waals surface area contributed by atoms with Crippen LogP contribution in [0.15, 0.2) is 48.5 Å². The standard InChI is InChI=1S/C18H15FO3/c1-2-9-21-18(20)22-17-15-6-4-3-5-12(15)10-13-11-14(19)7-8-16(13)17/h3-8,10-11H,2,9H2,1H3. The van der Waals surface area contributed by atoms with Gasteiger partial charge in [-0.3, -0.25) is 0 Å². The maximum Gasteiger partial charge on any atom is 0.513 e. The van der Waals surface area contributed by atoms with Gasteiger partial charge in [0.1, 0.15) is 11.6 Å². The molecule has 0 fully saturated rings. The molecule has 112 valence electrons. The fraction of sp³-hybridized carbons (Fsp3) is 0.167. The lowest BCUT2D eigenvalue weighted by atomic mass is 10.0. The summed E-state index contributed by atoms with van der Waals surface area (Å²) in [6, 6.07) is 13.8. The second kappa shape index (κ2) is 6.02. The number of carbonyl (C=O) groups excluding carboxylic acids is 1. The molecule has 3 aromatic carbocycles. The summed E-state index contributed by atoms with van der Waals surface area (Å²) in [5.74, 6) is 0.0662. The highest BCUT2D eigenvalue weighted by molar-refractivity contribution is 6.06. The Kier molecular flexibility index (Phi) is 3.92. The zero-order valence-corrected chi connectivity index (χ0v) is 12.1. The fourth-order valence-corrected chi connectivity index (χ4v) is 2.41. The molecule has 0 aliphatic heterocycles. The van der Waals surface area contributed by atoms with Gasteiger partial charge in [0, 0.05) is 10.8 Å². The van der Waals surface area contributed by atoms with E-state index < -0.39 is 6.16 Å². The number of hydrogen-bond donors (Lipinski definition) is 0. The van der Waals surface area contributed by atoms with E-state index in [1.165, 1.54) is 12.1 Å². The Hall–Kier alpha value is -2.62. The first-order chi connectivity index (χ1) is 10.7. The molecule has 0 bridgehead atoms. The third-order valence-electron chi connectivity index (χ3n) is 3.38. The zero-order chi connectivity index (χ0) is 15.5. The molecule has 0 unspecified atom stereocenters. The Bertz CT molecular complexity index is 842. The van der Waals surface area contributed by atoms with Crippen LogP contribution in [0.1, 0.15) is 13.3 Å². The second-order valence-corrected chi connectivity index (χ2v) is 4.99. The van der Waals surface area contributed by atoms with Crippen LogP contribution in [0.3, 0.4) is 0 Å². The Balaban J connectivity index is 2.16. The van der Waals surface area contributed by atoms with Crippen LogP contribution in [0.25, 0.3) is 21.5 Å². The van der Waals surface area contributed by atoms with Crippen molar-refractivity contribution in [1.29, 1.82) is 0 Å². The SMILES string of the molecule is CCCOC(=O)Oc1c2ccccc2cc2cc(F)ccc12. The van der Waals surface area contributed by atoms with Crippen molar-refractivity contribution < 1.29 is 18.7 Å². The number of fused-ring (bicyclic) bond motifs is 2. The van der Waals surface area contributed by atoms with Crippen molar-refractivity contribution in [2.45, 2.75) is 13.3 Å². The summed E-state index contributed by atoms with van der Waals surface area (Å²) in [7, 11) is 0. The first-order valence-electron chi connectivity index (χ1n) is 7.14. The lowest BCUT2D eigenvalue weighted by molar-refractivity contribution is 0.100. The zero-order valence-electron chi connectivity index (χ0n) is 12.1.